The molecule has 15 N–H and O–H groups in total. The number of hydrogen-bond acceptors (Lipinski definition) is 17. The highest BCUT2D eigenvalue weighted by molar-refractivity contribution is 6.03. The van der Waals surface area contributed by atoms with Crippen molar-refractivity contribution in [2.75, 3.05) is 13.1 Å². The number of cyclic esters (lactones) is 1. The number of benzene rings is 2. The van der Waals surface area contributed by atoms with Crippen molar-refractivity contribution in [3.05, 3.63) is 83.6 Å². The molecule has 0 unspecified atom stereocenters. The van der Waals surface area contributed by atoms with Crippen LogP contribution in [0.3, 0.4) is 0 Å². The molecule has 0 bridgehead atoms. The van der Waals surface area contributed by atoms with Gasteiger partial charge in [-0.15, -0.1) is 0 Å². The minimum absolute atomic E-state index is 0.0375. The smallest absolute Gasteiger partial charge is 0.329 e. The van der Waals surface area contributed by atoms with Gasteiger partial charge in [0.05, 0.1) is 6.10 Å². The van der Waals surface area contributed by atoms with Crippen LogP contribution in [0.25, 0.3) is 0 Å². The summed E-state index contributed by atoms with van der Waals surface area (Å²) in [5.74, 6) is -14.7. The number of ether oxygens (including phenoxy) is 1. The Balaban J connectivity index is 1.66. The van der Waals surface area contributed by atoms with Gasteiger partial charge >= 0.3 is 5.97 Å². The second-order valence-electron chi connectivity index (χ2n) is 30.7. The molecule has 0 spiro atoms. The summed E-state index contributed by atoms with van der Waals surface area (Å²) < 4.78 is 5.97. The molecule has 0 saturated carbocycles. The van der Waals surface area contributed by atoms with E-state index in [0.717, 1.165) is 6.42 Å². The number of nitrogens with one attached hydrogen (secondary N) is 12. The van der Waals surface area contributed by atoms with Gasteiger partial charge in [-0.25, -0.2) is 4.79 Å². The van der Waals surface area contributed by atoms with Crippen molar-refractivity contribution < 1.29 is 77.0 Å². The third-order valence-corrected chi connectivity index (χ3v) is 19.9. The Morgan fingerprint density at radius 3 is 1.71 bits per heavy atom. The third-order valence-electron chi connectivity index (χ3n) is 19.9. The Kier molecular flexibility index (Phi) is 38.0. The molecule has 0 aromatic heterocycles. The van der Waals surface area contributed by atoms with Crippen LogP contribution < -0.4 is 69.5 Å². The standard InChI is InChI=1S/C79H124N14O16/c1-18-47(14)63(75(104)92-66-50(17)109-79(108)62(46(12)13)88-67(96)53(20-3)81-69(98)55(40-51-31-23-21-24-32-51)83-72(101)60(44(8)9)86-74(103)64(48(15)19-2)90-77(66)106)89-68(97)54(35-28-38-80)82-71(100)57-36-29-39-93(57)78(107)61(45(10)11)87-70(99)56(41-52-33-25-22-26-34-52)84-76(105)65(49(16)94)91-73(102)59(43(6)7)85-58(95)37-27-30-42(4)5/h20-26,31-34,42-50,54-57,59-66,94H,18-19,27-30,35-41,80H2,1-17H3,(H,81,98)(H,82,100)(H,83,101)(H,84,105)(H,85,95)(H,86,103)(H,87,99)(H,88,96)(H,89,97)(H,90,106)(H,91,102)(H,92,104)/b53-20-/t47-,48-,49-,50+,54+,55+,56+,57-,59-,60-,61-,62+,63-,64-,65+,66-/m1/s1. The van der Waals surface area contributed by atoms with Gasteiger partial charge in [-0.3, -0.25) is 62.3 Å². The van der Waals surface area contributed by atoms with Gasteiger partial charge in [-0.1, -0.05) is 183 Å². The molecule has 2 heterocycles. The van der Waals surface area contributed by atoms with Crippen LogP contribution in [-0.4, -0.2) is 191 Å². The predicted molar refractivity (Wildman–Crippen MR) is 411 cm³/mol. The molecule has 30 heteroatoms. The normalized spacial score (nSPS) is 22.1. The molecule has 30 nitrogen and oxygen atoms in total. The fourth-order valence-electron chi connectivity index (χ4n) is 12.7. The fourth-order valence-corrected chi connectivity index (χ4v) is 12.7. The summed E-state index contributed by atoms with van der Waals surface area (Å²) in [6, 6.07) is 0.765. The quantitative estimate of drug-likeness (QED) is 0.0353. The lowest BCUT2D eigenvalue weighted by Gasteiger charge is -2.33. The van der Waals surface area contributed by atoms with Crippen molar-refractivity contribution in [1.82, 2.24) is 68.7 Å². The summed E-state index contributed by atoms with van der Waals surface area (Å²) in [5, 5.41) is 43.5. The summed E-state index contributed by atoms with van der Waals surface area (Å²) in [7, 11) is 0. The second-order valence-corrected chi connectivity index (χ2v) is 30.7. The van der Waals surface area contributed by atoms with E-state index < -0.39 is 197 Å². The third kappa shape index (κ3) is 28.3. The van der Waals surface area contributed by atoms with E-state index in [9.17, 15) is 62.6 Å². The van der Waals surface area contributed by atoms with Crippen LogP contribution in [0.5, 0.6) is 0 Å². The number of aliphatic hydroxyl groups excluding tert-OH is 1. The first-order chi connectivity index (χ1) is 51.4. The maximum absolute atomic E-state index is 15.1. The van der Waals surface area contributed by atoms with E-state index in [1.807, 2.05) is 13.8 Å². The van der Waals surface area contributed by atoms with E-state index in [0.29, 0.717) is 36.3 Å². The van der Waals surface area contributed by atoms with Gasteiger partial charge in [0.25, 0.3) is 5.91 Å². The maximum atomic E-state index is 15.1. The van der Waals surface area contributed by atoms with Gasteiger partial charge in [-0.2, -0.15) is 0 Å². The molecular formula is C79H124N14O16. The number of nitrogens with zero attached hydrogens (tertiary/aromatic N) is 1. The zero-order valence-corrected chi connectivity index (χ0v) is 66.8. The Morgan fingerprint density at radius 2 is 1.16 bits per heavy atom. The molecule has 2 aromatic carbocycles. The number of likely N-dealkylation sites (tertiary alicyclic amines) is 1. The van der Waals surface area contributed by atoms with Crippen LogP contribution in [0.1, 0.15) is 187 Å². The number of esters is 1. The van der Waals surface area contributed by atoms with Crippen LogP contribution in [0, 0.1) is 41.4 Å². The minimum atomic E-state index is -1.83. The summed E-state index contributed by atoms with van der Waals surface area (Å²) >= 11 is 0. The van der Waals surface area contributed by atoms with Crippen molar-refractivity contribution in [3.63, 3.8) is 0 Å². The zero-order chi connectivity index (χ0) is 81.7. The molecule has 109 heavy (non-hydrogen) atoms. The van der Waals surface area contributed by atoms with Crippen LogP contribution in [0.2, 0.25) is 0 Å². The minimum Gasteiger partial charge on any atom is -0.458 e. The molecular weight excluding hydrogens is 1400 g/mol. The molecule has 2 fully saturated rings. The molecule has 2 aliphatic rings. The lowest BCUT2D eigenvalue weighted by molar-refractivity contribution is -0.157. The van der Waals surface area contributed by atoms with E-state index in [-0.39, 0.29) is 69.6 Å². The van der Waals surface area contributed by atoms with Crippen molar-refractivity contribution in [1.29, 1.82) is 0 Å². The lowest BCUT2D eigenvalue weighted by atomic mass is 9.95. The molecule has 2 aliphatic heterocycles. The SMILES string of the molecule is C/C=C1\NC(=O)[C@H](Cc2ccccc2)NC(=O)[C@@H](C(C)C)NC(=O)[C@@H]([C@H](C)CC)NC(=O)[C@H](NC(=O)[C@H](NC(=O)[C@H](CCCN)NC(=O)[C@H]2CCCN2C(=O)[C@H](NC(=O)[C@H](Cc2ccccc2)NC(=O)[C@@H](NC(=O)[C@H](NC(=O)CCCC(C)C)C(C)C)[C@@H](C)O)C(C)C)[C@H](C)CC)[C@H](C)OC(=O)[C@H](C(C)C)NC1=O. The van der Waals surface area contributed by atoms with E-state index >= 15 is 9.59 Å². The van der Waals surface area contributed by atoms with E-state index in [1.54, 1.807) is 144 Å². The summed E-state index contributed by atoms with van der Waals surface area (Å²) in [6.45, 7) is 28.5. The van der Waals surface area contributed by atoms with Crippen molar-refractivity contribution in [2.24, 2.45) is 47.2 Å². The topological polar surface area (TPSA) is 442 Å². The molecule has 0 aliphatic carbocycles. The first-order valence-electron chi connectivity index (χ1n) is 38.7. The van der Waals surface area contributed by atoms with E-state index in [4.69, 9.17) is 10.5 Å². The van der Waals surface area contributed by atoms with Gasteiger partial charge in [-0.05, 0) is 112 Å². The van der Waals surface area contributed by atoms with Crippen LogP contribution >= 0.6 is 0 Å². The molecule has 2 aromatic rings. The molecule has 0 radical (unpaired) electrons. The lowest BCUT2D eigenvalue weighted by Crippen LogP contribution is -2.64. The maximum Gasteiger partial charge on any atom is 0.329 e. The average molecular weight is 1530 g/mol. The van der Waals surface area contributed by atoms with Crippen LogP contribution in [-0.2, 0) is 84.7 Å². The molecule has 606 valence electrons. The number of carbonyl (C=O) groups excluding carboxylic acids is 14. The van der Waals surface area contributed by atoms with Crippen LogP contribution in [0.4, 0.5) is 0 Å². The summed E-state index contributed by atoms with van der Waals surface area (Å²) in [5.41, 5.74) is 6.97. The average Bonchev–Trinajstić information content (AvgIpc) is 1.78. The Bertz CT molecular complexity index is 3440. The number of allylic oxidation sites excluding steroid dienone is 1. The monoisotopic (exact) mass is 1520 g/mol. The fraction of sp³-hybridized carbons (Fsp3) is 0.646. The number of carbonyl (C=O) groups is 14. The van der Waals surface area contributed by atoms with Gasteiger partial charge in [0.2, 0.25) is 70.9 Å². The predicted octanol–water partition coefficient (Wildman–Crippen LogP) is 2.42. The number of amides is 13. The Hall–Kier alpha value is -9.32. The molecule has 13 amide bonds. The second kappa shape index (κ2) is 45.0. The van der Waals surface area contributed by atoms with E-state index in [1.165, 1.54) is 31.7 Å². The van der Waals surface area contributed by atoms with Crippen molar-refractivity contribution in [3.8, 4) is 0 Å². The van der Waals surface area contributed by atoms with Crippen LogP contribution in [0.15, 0.2) is 72.4 Å². The number of nitrogens with two attached hydrogens (primary N) is 1. The summed E-state index contributed by atoms with van der Waals surface area (Å²) in [6.07, 6.45) is 0.811. The zero-order valence-electron chi connectivity index (χ0n) is 66.8. The van der Waals surface area contributed by atoms with Gasteiger partial charge in [0.1, 0.15) is 84.3 Å². The number of rotatable bonds is 34. The molecule has 2 saturated heterocycles. The highest BCUT2D eigenvalue weighted by Gasteiger charge is 2.44. The van der Waals surface area contributed by atoms with Gasteiger partial charge in [0, 0.05) is 25.8 Å². The van der Waals surface area contributed by atoms with Crippen molar-refractivity contribution >= 4 is 82.8 Å². The highest BCUT2D eigenvalue weighted by Crippen LogP contribution is 2.23. The Morgan fingerprint density at radius 1 is 0.596 bits per heavy atom. The first kappa shape index (κ1) is 92.1. The number of aliphatic hydroxyl groups is 1. The largest absolute Gasteiger partial charge is 0.458 e. The molecule has 16 atom stereocenters. The first-order valence-corrected chi connectivity index (χ1v) is 38.7. The highest BCUT2D eigenvalue weighted by atomic mass is 16.5. The number of hydrogen-bond donors (Lipinski definition) is 14. The van der Waals surface area contributed by atoms with Gasteiger partial charge in [0.15, 0.2) is 0 Å². The Labute approximate surface area is 642 Å². The summed E-state index contributed by atoms with van der Waals surface area (Å²) in [4.78, 5) is 204. The van der Waals surface area contributed by atoms with E-state index in [2.05, 4.69) is 63.8 Å². The van der Waals surface area contributed by atoms with Crippen molar-refractivity contribution in [2.45, 2.75) is 273 Å². The van der Waals surface area contributed by atoms with Gasteiger partial charge < -0.3 is 84.3 Å². The molecule has 4 rings (SSSR count).